The number of Topliss-reactive ketones (excluding diaryl/α,β-unsaturated/α-hetero) is 1. The fraction of sp³-hybridized carbons (Fsp3) is 0.812. The molecule has 0 radical (unpaired) electrons. The Balaban J connectivity index is 2.05. The van der Waals surface area contributed by atoms with Gasteiger partial charge in [-0.25, -0.2) is 0 Å². The Bertz CT molecular complexity index is 431. The van der Waals surface area contributed by atoms with E-state index in [0.29, 0.717) is 23.9 Å². The molecule has 0 aliphatic heterocycles. The molecule has 2 bridgehead atoms. The Labute approximate surface area is 122 Å². The third-order valence-corrected chi connectivity index (χ3v) is 7.47. The molecule has 0 spiro atoms. The van der Waals surface area contributed by atoms with Crippen LogP contribution in [0.4, 0.5) is 0 Å². The molecule has 7 unspecified atom stereocenters. The third kappa shape index (κ3) is 2.70. The first-order valence-corrected chi connectivity index (χ1v) is 9.67. The fourth-order valence-corrected chi connectivity index (χ4v) is 4.86. The van der Waals surface area contributed by atoms with Crippen LogP contribution in [0.1, 0.15) is 39.5 Å². The van der Waals surface area contributed by atoms with Crippen molar-refractivity contribution in [2.75, 3.05) is 6.66 Å². The van der Waals surface area contributed by atoms with Gasteiger partial charge < -0.3 is 5.11 Å². The Hall–Kier alpha value is -0.690. The summed E-state index contributed by atoms with van der Waals surface area (Å²) >= 11 is 0. The van der Waals surface area contributed by atoms with Crippen LogP contribution in [-0.4, -0.2) is 35.5 Å². The topological polar surface area (TPSA) is 54.4 Å². The second kappa shape index (κ2) is 5.97. The molecule has 3 nitrogen and oxygen atoms in total. The summed E-state index contributed by atoms with van der Waals surface area (Å²) in [6.45, 7) is 6.41. The van der Waals surface area contributed by atoms with Gasteiger partial charge >= 0.3 is 5.97 Å². The van der Waals surface area contributed by atoms with Crippen molar-refractivity contribution >= 4 is 25.6 Å². The van der Waals surface area contributed by atoms with Crippen LogP contribution in [0.15, 0.2) is 0 Å². The first-order valence-electron chi connectivity index (χ1n) is 7.63. The van der Waals surface area contributed by atoms with Gasteiger partial charge in [0.05, 0.1) is 26.4 Å². The number of ketones is 1. The summed E-state index contributed by atoms with van der Waals surface area (Å²) in [4.78, 5) is 24.1. The van der Waals surface area contributed by atoms with Crippen LogP contribution in [-0.2, 0) is 9.59 Å². The van der Waals surface area contributed by atoms with E-state index in [-0.39, 0.29) is 25.2 Å². The molecule has 0 amide bonds. The van der Waals surface area contributed by atoms with Crippen LogP contribution in [0.25, 0.3) is 0 Å². The smallest absolute Gasteiger partial charge is 0.307 e. The number of hydrogen-bond acceptors (Lipinski definition) is 2. The van der Waals surface area contributed by atoms with Crippen molar-refractivity contribution in [3.8, 4) is 0 Å². The van der Waals surface area contributed by atoms with Gasteiger partial charge in [0.25, 0.3) is 0 Å². The lowest BCUT2D eigenvalue weighted by Crippen LogP contribution is -2.34. The van der Waals surface area contributed by atoms with Gasteiger partial charge in [-0.3, -0.25) is 9.59 Å². The van der Waals surface area contributed by atoms with E-state index in [0.717, 1.165) is 19.3 Å². The summed E-state index contributed by atoms with van der Waals surface area (Å²) in [6, 6.07) is 0. The van der Waals surface area contributed by atoms with E-state index in [2.05, 4.69) is 26.8 Å². The van der Waals surface area contributed by atoms with Gasteiger partial charge in [-0.2, -0.15) is 0 Å². The van der Waals surface area contributed by atoms with Gasteiger partial charge in [0.15, 0.2) is 0 Å². The highest BCUT2D eigenvalue weighted by atomic mass is 31.1. The Morgan fingerprint density at radius 2 is 1.85 bits per heavy atom. The average molecular weight is 297 g/mol. The predicted octanol–water partition coefficient (Wildman–Crippen LogP) is 3.26. The SMILES string of the molecule is C=[P+](C)C(C)CCC(=O)C1C2CCC(C2C)C1C(=O)O. The lowest BCUT2D eigenvalue weighted by Gasteiger charge is -2.26. The Morgan fingerprint density at radius 3 is 2.35 bits per heavy atom. The van der Waals surface area contributed by atoms with Crippen molar-refractivity contribution in [1.82, 2.24) is 0 Å². The van der Waals surface area contributed by atoms with Gasteiger partial charge in [-0.15, -0.1) is 0 Å². The van der Waals surface area contributed by atoms with Gasteiger partial charge in [-0.05, 0) is 43.9 Å². The van der Waals surface area contributed by atoms with E-state index < -0.39 is 11.9 Å². The van der Waals surface area contributed by atoms with Crippen LogP contribution in [0.3, 0.4) is 0 Å². The highest BCUT2D eigenvalue weighted by Gasteiger charge is 2.57. The number of fused-ring (bicyclic) bond motifs is 2. The van der Waals surface area contributed by atoms with Gasteiger partial charge in [0.2, 0.25) is 0 Å². The number of carbonyl (C=O) groups is 2. The monoisotopic (exact) mass is 297 g/mol. The van der Waals surface area contributed by atoms with E-state index >= 15 is 0 Å². The molecule has 20 heavy (non-hydrogen) atoms. The minimum atomic E-state index is -0.759. The predicted molar refractivity (Wildman–Crippen MR) is 83.7 cm³/mol. The van der Waals surface area contributed by atoms with Crippen molar-refractivity contribution in [1.29, 1.82) is 0 Å². The zero-order valence-electron chi connectivity index (χ0n) is 12.7. The number of carboxylic acid groups (broad SMARTS) is 1. The summed E-state index contributed by atoms with van der Waals surface area (Å²) in [5.74, 6) is -0.272. The maximum Gasteiger partial charge on any atom is 0.307 e. The minimum absolute atomic E-state index is 0.195. The van der Waals surface area contributed by atoms with E-state index in [4.69, 9.17) is 0 Å². The zero-order chi connectivity index (χ0) is 15.0. The number of aliphatic carboxylic acids is 1. The quantitative estimate of drug-likeness (QED) is 0.766. The van der Waals surface area contributed by atoms with E-state index in [1.165, 1.54) is 0 Å². The summed E-state index contributed by atoms with van der Waals surface area (Å²) in [5, 5.41) is 9.48. The molecule has 0 aromatic heterocycles. The van der Waals surface area contributed by atoms with Crippen LogP contribution in [0.2, 0.25) is 0 Å². The molecule has 7 atom stereocenters. The van der Waals surface area contributed by atoms with Crippen LogP contribution in [0, 0.1) is 29.6 Å². The summed E-state index contributed by atoms with van der Waals surface area (Å²) in [7, 11) is -0.261. The molecule has 0 heterocycles. The van der Waals surface area contributed by atoms with Gasteiger partial charge in [0, 0.05) is 12.3 Å². The molecular formula is C16H26O3P+. The van der Waals surface area contributed by atoms with Crippen LogP contribution in [0.5, 0.6) is 0 Å². The molecule has 0 aromatic rings. The van der Waals surface area contributed by atoms with E-state index in [1.807, 2.05) is 0 Å². The Morgan fingerprint density at radius 1 is 1.30 bits per heavy atom. The molecule has 2 aliphatic rings. The summed E-state index contributed by atoms with van der Waals surface area (Å²) < 4.78 is 0. The van der Waals surface area contributed by atoms with Crippen molar-refractivity contribution in [3.05, 3.63) is 0 Å². The van der Waals surface area contributed by atoms with Crippen LogP contribution < -0.4 is 0 Å². The second-order valence-electron chi connectivity index (χ2n) is 6.76. The standard InChI is InChI=1S/C16H25O3P/c1-9(20(3)4)5-8-13(17)14-11-6-7-12(10(11)2)15(14)16(18)19/h9-12,14-15H,3,5-8H2,1-2,4H3/p+1. The zero-order valence-corrected chi connectivity index (χ0v) is 13.6. The van der Waals surface area contributed by atoms with Crippen molar-refractivity contribution in [2.45, 2.75) is 45.2 Å². The third-order valence-electron chi connectivity index (χ3n) is 5.71. The molecule has 112 valence electrons. The molecule has 4 heteroatoms. The van der Waals surface area contributed by atoms with Crippen molar-refractivity contribution in [2.24, 2.45) is 29.6 Å². The lowest BCUT2D eigenvalue weighted by atomic mass is 9.76. The average Bonchev–Trinajstić information content (AvgIpc) is 2.88. The molecule has 2 rings (SSSR count). The lowest BCUT2D eigenvalue weighted by molar-refractivity contribution is -0.149. The molecule has 2 fully saturated rings. The first kappa shape index (κ1) is 15.7. The van der Waals surface area contributed by atoms with Crippen LogP contribution >= 0.6 is 7.55 Å². The fourth-order valence-electron chi connectivity index (χ4n) is 4.29. The molecule has 0 aromatic carbocycles. The van der Waals surface area contributed by atoms with E-state index in [9.17, 15) is 14.7 Å². The minimum Gasteiger partial charge on any atom is -0.481 e. The molecular weight excluding hydrogens is 271 g/mol. The normalized spacial score (nSPS) is 37.8. The molecule has 0 saturated heterocycles. The number of carboxylic acids is 1. The molecule has 2 aliphatic carbocycles. The molecule has 2 saturated carbocycles. The highest BCUT2D eigenvalue weighted by molar-refractivity contribution is 7.55. The number of carbonyl (C=O) groups excluding carboxylic acids is 1. The summed E-state index contributed by atoms with van der Waals surface area (Å²) in [5.41, 5.74) is 0.480. The van der Waals surface area contributed by atoms with Gasteiger partial charge in [0.1, 0.15) is 11.4 Å². The van der Waals surface area contributed by atoms with Crippen molar-refractivity contribution in [3.63, 3.8) is 0 Å². The Kier molecular flexibility index (Phi) is 4.69. The number of rotatable bonds is 6. The van der Waals surface area contributed by atoms with E-state index in [1.54, 1.807) is 0 Å². The number of hydrogen-bond donors (Lipinski definition) is 1. The summed E-state index contributed by atoms with van der Waals surface area (Å²) in [6.07, 6.45) is 7.49. The van der Waals surface area contributed by atoms with Crippen molar-refractivity contribution < 1.29 is 14.7 Å². The second-order valence-corrected chi connectivity index (χ2v) is 9.16. The highest BCUT2D eigenvalue weighted by Crippen LogP contribution is 2.56. The van der Waals surface area contributed by atoms with Gasteiger partial charge in [-0.1, -0.05) is 6.92 Å². The largest absolute Gasteiger partial charge is 0.481 e. The molecule has 1 N–H and O–H groups in total. The maximum absolute atomic E-state index is 12.5. The maximum atomic E-state index is 12.5. The first-order chi connectivity index (χ1) is 9.34.